The summed E-state index contributed by atoms with van der Waals surface area (Å²) in [4.78, 5) is 49.4. The molecule has 39 heavy (non-hydrogen) atoms. The van der Waals surface area contributed by atoms with Gasteiger partial charge in [0.25, 0.3) is 0 Å². The summed E-state index contributed by atoms with van der Waals surface area (Å²) in [5.41, 5.74) is 5.03. The second-order valence-electron chi connectivity index (χ2n) is 10.8. The van der Waals surface area contributed by atoms with Crippen LogP contribution in [0.2, 0.25) is 0 Å². The molecular weight excluding hydrogens is 502 g/mol. The molecule has 0 spiro atoms. The number of ether oxygens (including phenoxy) is 3. The van der Waals surface area contributed by atoms with Gasteiger partial charge in [-0.05, 0) is 43.4 Å². The van der Waals surface area contributed by atoms with Crippen molar-refractivity contribution in [3.63, 3.8) is 0 Å². The fraction of sp³-hybridized carbons (Fsp3) is 0.667. The van der Waals surface area contributed by atoms with E-state index in [9.17, 15) is 24.3 Å². The van der Waals surface area contributed by atoms with Crippen molar-refractivity contribution in [2.45, 2.75) is 117 Å². The van der Waals surface area contributed by atoms with Crippen LogP contribution >= 0.6 is 0 Å². The third kappa shape index (κ3) is 12.2. The average molecular weight is 550 g/mol. The highest BCUT2D eigenvalue weighted by Gasteiger charge is 2.37. The van der Waals surface area contributed by atoms with Crippen LogP contribution < -0.4 is 15.2 Å². The van der Waals surface area contributed by atoms with Crippen LogP contribution in [0.5, 0.6) is 11.5 Å². The van der Waals surface area contributed by atoms with Crippen molar-refractivity contribution >= 4 is 23.9 Å². The summed E-state index contributed by atoms with van der Waals surface area (Å²) in [6.07, 6.45) is 4.47. The van der Waals surface area contributed by atoms with E-state index in [1.165, 1.54) is 12.1 Å². The van der Waals surface area contributed by atoms with Gasteiger partial charge >= 0.3 is 23.9 Å². The van der Waals surface area contributed by atoms with Crippen LogP contribution in [0.15, 0.2) is 18.2 Å². The van der Waals surface area contributed by atoms with Crippen molar-refractivity contribution in [1.82, 2.24) is 0 Å². The predicted octanol–water partition coefficient (Wildman–Crippen LogP) is 5.60. The molecule has 0 heterocycles. The number of carbonyl (C=O) groups is 4. The molecule has 0 radical (unpaired) electrons. The number of carboxylic acids is 1. The molecule has 3 atom stereocenters. The maximum Gasteiger partial charge on any atom is 0.324 e. The Labute approximate surface area is 232 Å². The highest BCUT2D eigenvalue weighted by atomic mass is 16.6. The lowest BCUT2D eigenvalue weighted by molar-refractivity contribution is -0.157. The Bertz CT molecular complexity index is 960. The highest BCUT2D eigenvalue weighted by Crippen LogP contribution is 2.32. The number of aliphatic carboxylic acids is 1. The quantitative estimate of drug-likeness (QED) is 0.136. The van der Waals surface area contributed by atoms with Crippen LogP contribution in [0.4, 0.5) is 0 Å². The van der Waals surface area contributed by atoms with Gasteiger partial charge in [-0.2, -0.15) is 0 Å². The van der Waals surface area contributed by atoms with Gasteiger partial charge in [-0.15, -0.1) is 0 Å². The van der Waals surface area contributed by atoms with E-state index in [1.54, 1.807) is 19.9 Å². The molecule has 9 nitrogen and oxygen atoms in total. The number of esters is 3. The summed E-state index contributed by atoms with van der Waals surface area (Å²) in [6, 6.07) is 4.55. The molecule has 1 aromatic rings. The molecule has 0 aliphatic rings. The number of carbonyl (C=O) groups excluding carboxylic acids is 3. The molecule has 0 saturated heterocycles. The van der Waals surface area contributed by atoms with Crippen LogP contribution in [0.3, 0.4) is 0 Å². The van der Waals surface area contributed by atoms with Gasteiger partial charge in [0.05, 0.1) is 5.92 Å². The van der Waals surface area contributed by atoms with Gasteiger partial charge in [0.15, 0.2) is 11.5 Å². The normalized spacial score (nSPS) is 14.3. The summed E-state index contributed by atoms with van der Waals surface area (Å²) in [5, 5.41) is 9.97. The summed E-state index contributed by atoms with van der Waals surface area (Å²) < 4.78 is 16.5. The SMILES string of the molecule is CCCCCC(=O)Oc1ccc(CC(N)(C[C@H](C)OC(=O)C(C)C(C)C)C(=O)O)cc1OC(=O)CCCCC. The van der Waals surface area contributed by atoms with Crippen LogP contribution in [-0.2, 0) is 30.3 Å². The fourth-order valence-corrected chi connectivity index (χ4v) is 3.94. The van der Waals surface area contributed by atoms with E-state index < -0.39 is 35.5 Å². The fourth-order valence-electron chi connectivity index (χ4n) is 3.94. The predicted molar refractivity (Wildman–Crippen MR) is 148 cm³/mol. The maximum atomic E-state index is 12.5. The Morgan fingerprint density at radius 2 is 1.41 bits per heavy atom. The van der Waals surface area contributed by atoms with Gasteiger partial charge in [-0.3, -0.25) is 19.2 Å². The van der Waals surface area contributed by atoms with E-state index in [4.69, 9.17) is 19.9 Å². The number of unbranched alkanes of at least 4 members (excludes halogenated alkanes) is 4. The highest BCUT2D eigenvalue weighted by molar-refractivity contribution is 5.80. The Morgan fingerprint density at radius 3 is 1.90 bits per heavy atom. The zero-order valence-corrected chi connectivity index (χ0v) is 24.4. The summed E-state index contributed by atoms with van der Waals surface area (Å²) in [5.74, 6) is -2.71. The first kappa shape index (κ1) is 34.1. The third-order valence-corrected chi connectivity index (χ3v) is 6.71. The first-order valence-corrected chi connectivity index (χ1v) is 14.1. The van der Waals surface area contributed by atoms with Crippen LogP contribution in [0, 0.1) is 11.8 Å². The summed E-state index contributed by atoms with van der Waals surface area (Å²) in [6.45, 7) is 11.2. The first-order valence-electron chi connectivity index (χ1n) is 14.1. The van der Waals surface area contributed by atoms with Gasteiger partial charge < -0.3 is 25.1 Å². The standard InChI is InChI=1S/C30H47NO8/c1-7-9-11-13-26(32)38-24-16-15-23(17-25(24)39-27(33)14-12-10-8-2)19-30(31,29(35)36)18-21(5)37-28(34)22(6)20(3)4/h15-17,20-22H,7-14,18-19,31H2,1-6H3,(H,35,36)/t21-,22?,30?/m0/s1. The molecule has 0 bridgehead atoms. The smallest absolute Gasteiger partial charge is 0.324 e. The average Bonchev–Trinajstić information content (AvgIpc) is 2.85. The minimum atomic E-state index is -1.76. The third-order valence-electron chi connectivity index (χ3n) is 6.71. The van der Waals surface area contributed by atoms with E-state index in [2.05, 4.69) is 0 Å². The van der Waals surface area contributed by atoms with Gasteiger partial charge in [-0.1, -0.05) is 66.4 Å². The number of rotatable bonds is 18. The largest absolute Gasteiger partial charge is 0.480 e. The monoisotopic (exact) mass is 549 g/mol. The molecule has 220 valence electrons. The van der Waals surface area contributed by atoms with Gasteiger partial charge in [0.2, 0.25) is 0 Å². The molecule has 0 saturated carbocycles. The van der Waals surface area contributed by atoms with Crippen LogP contribution in [0.25, 0.3) is 0 Å². The second kappa shape index (κ2) is 16.9. The van der Waals surface area contributed by atoms with Gasteiger partial charge in [0.1, 0.15) is 11.6 Å². The maximum absolute atomic E-state index is 12.5. The molecular formula is C30H47NO8. The number of carboxylic acid groups (broad SMARTS) is 1. The second-order valence-corrected chi connectivity index (χ2v) is 10.8. The molecule has 2 unspecified atom stereocenters. The number of nitrogens with two attached hydrogens (primary N) is 1. The minimum absolute atomic E-state index is 0.0378. The lowest BCUT2D eigenvalue weighted by Gasteiger charge is -2.29. The molecule has 0 amide bonds. The van der Waals surface area contributed by atoms with E-state index >= 15 is 0 Å². The van der Waals surface area contributed by atoms with E-state index in [-0.39, 0.29) is 49.0 Å². The Morgan fingerprint density at radius 1 is 0.872 bits per heavy atom. The zero-order valence-electron chi connectivity index (χ0n) is 24.4. The first-order chi connectivity index (χ1) is 18.3. The Balaban J connectivity index is 3.14. The molecule has 9 heteroatoms. The van der Waals surface area contributed by atoms with Crippen LogP contribution in [-0.4, -0.2) is 40.6 Å². The molecule has 0 fully saturated rings. The number of benzene rings is 1. The van der Waals surface area contributed by atoms with Crippen LogP contribution in [0.1, 0.15) is 105 Å². The summed E-state index contributed by atoms with van der Waals surface area (Å²) in [7, 11) is 0. The van der Waals surface area contributed by atoms with Crippen molar-refractivity contribution in [2.24, 2.45) is 17.6 Å². The lowest BCUT2D eigenvalue weighted by Crippen LogP contribution is -2.52. The van der Waals surface area contributed by atoms with E-state index in [0.29, 0.717) is 18.4 Å². The molecule has 1 rings (SSSR count). The molecule has 0 aromatic heterocycles. The lowest BCUT2D eigenvalue weighted by atomic mass is 9.86. The molecule has 0 aliphatic heterocycles. The topological polar surface area (TPSA) is 142 Å². The van der Waals surface area contributed by atoms with Crippen molar-refractivity contribution in [3.8, 4) is 11.5 Å². The Kier molecular flexibility index (Phi) is 14.8. The van der Waals surface area contributed by atoms with Crippen molar-refractivity contribution in [2.75, 3.05) is 0 Å². The van der Waals surface area contributed by atoms with Crippen molar-refractivity contribution < 1.29 is 38.5 Å². The Hall–Kier alpha value is -2.94. The number of hydrogen-bond donors (Lipinski definition) is 2. The zero-order chi connectivity index (χ0) is 29.6. The minimum Gasteiger partial charge on any atom is -0.480 e. The van der Waals surface area contributed by atoms with E-state index in [0.717, 1.165) is 25.7 Å². The number of hydrogen-bond acceptors (Lipinski definition) is 8. The summed E-state index contributed by atoms with van der Waals surface area (Å²) >= 11 is 0. The molecule has 0 aliphatic carbocycles. The van der Waals surface area contributed by atoms with E-state index in [1.807, 2.05) is 27.7 Å². The molecule has 3 N–H and O–H groups in total. The van der Waals surface area contributed by atoms with Crippen molar-refractivity contribution in [1.29, 1.82) is 0 Å². The van der Waals surface area contributed by atoms with Crippen molar-refractivity contribution in [3.05, 3.63) is 23.8 Å². The molecule has 1 aromatic carbocycles. The van der Waals surface area contributed by atoms with Gasteiger partial charge in [0, 0.05) is 25.7 Å². The van der Waals surface area contributed by atoms with Gasteiger partial charge in [-0.25, -0.2) is 0 Å².